The Labute approximate surface area is 80.7 Å². The fraction of sp³-hybridized carbons (Fsp3) is 0.300. The molecule has 0 aliphatic heterocycles. The van der Waals surface area contributed by atoms with Gasteiger partial charge in [-0.3, -0.25) is 4.79 Å². The largest absolute Gasteiger partial charge is 0.366 e. The Balaban J connectivity index is 3.12. The van der Waals surface area contributed by atoms with Crippen molar-refractivity contribution < 1.29 is 13.6 Å². The predicted molar refractivity (Wildman–Crippen MR) is 49.1 cm³/mol. The number of amides is 1. The van der Waals surface area contributed by atoms with Crippen LogP contribution in [0, 0.1) is 0 Å². The monoisotopic (exact) mass is 199 g/mol. The molecule has 2 N–H and O–H groups in total. The Morgan fingerprint density at radius 3 is 2.64 bits per heavy atom. The number of benzene rings is 1. The number of alkyl halides is 2. The molecule has 0 bridgehead atoms. The highest BCUT2D eigenvalue weighted by Crippen LogP contribution is 2.31. The first-order chi connectivity index (χ1) is 6.47. The number of carbonyl (C=O) groups excluding carboxylic acids is 1. The summed E-state index contributed by atoms with van der Waals surface area (Å²) in [6.45, 7) is 1.39. The van der Waals surface area contributed by atoms with Gasteiger partial charge in [-0.1, -0.05) is 19.1 Å². The van der Waals surface area contributed by atoms with E-state index in [1.54, 1.807) is 0 Å². The van der Waals surface area contributed by atoms with Gasteiger partial charge < -0.3 is 5.73 Å². The van der Waals surface area contributed by atoms with Crippen LogP contribution in [0.1, 0.15) is 29.3 Å². The van der Waals surface area contributed by atoms with Crippen molar-refractivity contribution in [2.75, 3.05) is 0 Å². The van der Waals surface area contributed by atoms with E-state index >= 15 is 0 Å². The van der Waals surface area contributed by atoms with Crippen LogP contribution in [0.2, 0.25) is 0 Å². The number of carbonyl (C=O) groups is 1. The normalized spacial score (nSPS) is 11.4. The minimum atomic E-state index is -2.90. The molecule has 0 aliphatic rings. The molecule has 0 radical (unpaired) electrons. The highest BCUT2D eigenvalue weighted by atomic mass is 19.3. The number of nitrogens with two attached hydrogens (primary N) is 1. The van der Waals surface area contributed by atoms with Crippen molar-refractivity contribution >= 4 is 5.91 Å². The molecule has 0 aliphatic carbocycles. The Bertz CT molecular complexity index is 350. The molecule has 1 amide bonds. The first-order valence-electron chi connectivity index (χ1n) is 4.25. The zero-order chi connectivity index (χ0) is 10.8. The summed E-state index contributed by atoms with van der Waals surface area (Å²) >= 11 is 0. The van der Waals surface area contributed by atoms with Gasteiger partial charge in [-0.05, 0) is 12.1 Å². The van der Waals surface area contributed by atoms with Crippen molar-refractivity contribution in [3.63, 3.8) is 0 Å². The molecule has 4 heteroatoms. The highest BCUT2D eigenvalue weighted by Gasteiger charge is 2.29. The lowest BCUT2D eigenvalue weighted by Gasteiger charge is -2.14. The van der Waals surface area contributed by atoms with Gasteiger partial charge >= 0.3 is 0 Å². The SMILES string of the molecule is CCC(F)(F)c1cccc(C(N)=O)c1. The van der Waals surface area contributed by atoms with Crippen LogP contribution in [-0.2, 0) is 5.92 Å². The number of halogens is 2. The summed E-state index contributed by atoms with van der Waals surface area (Å²) in [5, 5.41) is 0. The second-order valence-electron chi connectivity index (χ2n) is 3.00. The van der Waals surface area contributed by atoms with E-state index in [0.717, 1.165) is 6.07 Å². The molecule has 1 rings (SSSR count). The second kappa shape index (κ2) is 3.74. The third-order valence-electron chi connectivity index (χ3n) is 2.01. The molecule has 0 aromatic heterocycles. The van der Waals surface area contributed by atoms with E-state index in [9.17, 15) is 13.6 Å². The number of primary amides is 1. The Kier molecular flexibility index (Phi) is 2.84. The van der Waals surface area contributed by atoms with Crippen molar-refractivity contribution in [3.05, 3.63) is 35.4 Å². The van der Waals surface area contributed by atoms with Gasteiger partial charge in [0.25, 0.3) is 5.92 Å². The summed E-state index contributed by atoms with van der Waals surface area (Å²) in [7, 11) is 0. The van der Waals surface area contributed by atoms with Crippen molar-refractivity contribution in [1.29, 1.82) is 0 Å². The fourth-order valence-electron chi connectivity index (χ4n) is 1.10. The van der Waals surface area contributed by atoms with E-state index in [-0.39, 0.29) is 17.5 Å². The van der Waals surface area contributed by atoms with Crippen LogP contribution in [0.4, 0.5) is 8.78 Å². The molecule has 0 unspecified atom stereocenters. The Morgan fingerprint density at radius 2 is 2.14 bits per heavy atom. The number of hydrogen-bond acceptors (Lipinski definition) is 1. The third kappa shape index (κ3) is 2.07. The lowest BCUT2D eigenvalue weighted by molar-refractivity contribution is -0.00831. The topological polar surface area (TPSA) is 43.1 Å². The molecule has 0 saturated carbocycles. The average molecular weight is 199 g/mol. The summed E-state index contributed by atoms with van der Waals surface area (Å²) in [6.07, 6.45) is -0.296. The zero-order valence-corrected chi connectivity index (χ0v) is 7.76. The maximum Gasteiger partial charge on any atom is 0.273 e. The molecule has 14 heavy (non-hydrogen) atoms. The van der Waals surface area contributed by atoms with E-state index in [1.165, 1.54) is 25.1 Å². The van der Waals surface area contributed by atoms with Crippen LogP contribution in [0.25, 0.3) is 0 Å². The average Bonchev–Trinajstić information content (AvgIpc) is 2.18. The van der Waals surface area contributed by atoms with E-state index in [0.29, 0.717) is 0 Å². The van der Waals surface area contributed by atoms with Crippen molar-refractivity contribution in [2.45, 2.75) is 19.3 Å². The van der Waals surface area contributed by atoms with Crippen LogP contribution in [0.5, 0.6) is 0 Å². The molecule has 2 nitrogen and oxygen atoms in total. The lowest BCUT2D eigenvalue weighted by Crippen LogP contribution is -2.15. The summed E-state index contributed by atoms with van der Waals surface area (Å²) in [5.41, 5.74) is 4.92. The van der Waals surface area contributed by atoms with Crippen LogP contribution in [0.3, 0.4) is 0 Å². The van der Waals surface area contributed by atoms with E-state index in [1.807, 2.05) is 0 Å². The van der Waals surface area contributed by atoms with Crippen molar-refractivity contribution in [1.82, 2.24) is 0 Å². The van der Waals surface area contributed by atoms with Crippen LogP contribution >= 0.6 is 0 Å². The molecule has 0 saturated heterocycles. The predicted octanol–water partition coefficient (Wildman–Crippen LogP) is 2.29. The van der Waals surface area contributed by atoms with Crippen molar-refractivity contribution in [3.8, 4) is 0 Å². The summed E-state index contributed by atoms with van der Waals surface area (Å²) < 4.78 is 26.4. The summed E-state index contributed by atoms with van der Waals surface area (Å²) in [6, 6.07) is 5.23. The smallest absolute Gasteiger partial charge is 0.273 e. The minimum Gasteiger partial charge on any atom is -0.366 e. The van der Waals surface area contributed by atoms with Gasteiger partial charge in [0.2, 0.25) is 5.91 Å². The van der Waals surface area contributed by atoms with Crippen LogP contribution in [-0.4, -0.2) is 5.91 Å². The van der Waals surface area contributed by atoms with Gasteiger partial charge in [-0.2, -0.15) is 0 Å². The van der Waals surface area contributed by atoms with Gasteiger partial charge in [-0.15, -0.1) is 0 Å². The fourth-order valence-corrected chi connectivity index (χ4v) is 1.10. The van der Waals surface area contributed by atoms with Gasteiger partial charge in [0, 0.05) is 17.5 Å². The lowest BCUT2D eigenvalue weighted by atomic mass is 10.0. The first kappa shape index (κ1) is 10.6. The molecule has 1 aromatic carbocycles. The molecule has 0 heterocycles. The minimum absolute atomic E-state index is 0.107. The molecule has 1 aromatic rings. The molecule has 0 fully saturated rings. The van der Waals surface area contributed by atoms with E-state index < -0.39 is 11.8 Å². The highest BCUT2D eigenvalue weighted by molar-refractivity contribution is 5.92. The summed E-state index contributed by atoms with van der Waals surface area (Å²) in [4.78, 5) is 10.7. The first-order valence-corrected chi connectivity index (χ1v) is 4.25. The molecular formula is C10H11F2NO. The van der Waals surface area contributed by atoms with Gasteiger partial charge in [0.05, 0.1) is 0 Å². The Morgan fingerprint density at radius 1 is 1.50 bits per heavy atom. The standard InChI is InChI=1S/C10H11F2NO/c1-2-10(11,12)8-5-3-4-7(6-8)9(13)14/h3-6H,2H2,1H3,(H2,13,14). The second-order valence-corrected chi connectivity index (χ2v) is 3.00. The molecule has 0 atom stereocenters. The van der Waals surface area contributed by atoms with Gasteiger partial charge in [0.1, 0.15) is 0 Å². The van der Waals surface area contributed by atoms with Crippen LogP contribution < -0.4 is 5.73 Å². The maximum absolute atomic E-state index is 13.2. The number of hydrogen-bond donors (Lipinski definition) is 1. The van der Waals surface area contributed by atoms with Gasteiger partial charge in [0.15, 0.2) is 0 Å². The quantitative estimate of drug-likeness (QED) is 0.797. The zero-order valence-electron chi connectivity index (χ0n) is 7.76. The molecule has 0 spiro atoms. The maximum atomic E-state index is 13.2. The third-order valence-corrected chi connectivity index (χ3v) is 2.01. The molecular weight excluding hydrogens is 188 g/mol. The van der Waals surface area contributed by atoms with E-state index in [4.69, 9.17) is 5.73 Å². The van der Waals surface area contributed by atoms with E-state index in [2.05, 4.69) is 0 Å². The van der Waals surface area contributed by atoms with Crippen LogP contribution in [0.15, 0.2) is 24.3 Å². The molecule has 76 valence electrons. The van der Waals surface area contributed by atoms with Crippen molar-refractivity contribution in [2.24, 2.45) is 5.73 Å². The number of rotatable bonds is 3. The Hall–Kier alpha value is -1.45. The summed E-state index contributed by atoms with van der Waals surface area (Å²) in [5.74, 6) is -3.59. The van der Waals surface area contributed by atoms with Gasteiger partial charge in [-0.25, -0.2) is 8.78 Å².